The molecule has 1 atom stereocenters. The fraction of sp³-hybridized carbons (Fsp3) is 0.667. The van der Waals surface area contributed by atoms with E-state index in [9.17, 15) is 9.36 Å². The van der Waals surface area contributed by atoms with Crippen molar-refractivity contribution in [3.63, 3.8) is 0 Å². The Kier molecular flexibility index (Phi) is 16.9. The monoisotopic (exact) mass is 563 g/mol. The molecule has 1 fully saturated rings. The van der Waals surface area contributed by atoms with Crippen molar-refractivity contribution in [3.8, 4) is 0 Å². The van der Waals surface area contributed by atoms with E-state index in [1.54, 1.807) is 4.67 Å². The highest BCUT2D eigenvalue weighted by atomic mass is 35.5. The summed E-state index contributed by atoms with van der Waals surface area (Å²) < 4.78 is 19.2. The van der Waals surface area contributed by atoms with Crippen molar-refractivity contribution in [1.82, 2.24) is 9.76 Å². The van der Waals surface area contributed by atoms with Crippen LogP contribution in [0, 0.1) is 0 Å². The van der Waals surface area contributed by atoms with E-state index < -0.39 is 13.6 Å². The quantitative estimate of drug-likeness (QED) is 0.235. The normalized spacial score (nSPS) is 18.4. The number of hydrogen-bond acceptors (Lipinski definition) is 4. The molecule has 1 aromatic carbocycles. The molecule has 33 heavy (non-hydrogen) atoms. The smallest absolute Gasteiger partial charge is 0.343 e. The van der Waals surface area contributed by atoms with E-state index in [-0.39, 0.29) is 6.42 Å². The lowest BCUT2D eigenvalue weighted by Crippen LogP contribution is -2.36. The van der Waals surface area contributed by atoms with Crippen LogP contribution in [0.5, 0.6) is 0 Å². The maximum absolute atomic E-state index is 12.2. The summed E-state index contributed by atoms with van der Waals surface area (Å²) in [5.74, 6) is 1.26. The average Bonchev–Trinajstić information content (AvgIpc) is 2.80. The molecule has 0 spiro atoms. The molecule has 1 aromatic rings. The summed E-state index contributed by atoms with van der Waals surface area (Å²) in [4.78, 5) is 12.6. The molecule has 1 aliphatic heterocycles. The number of benzene rings is 1. The van der Waals surface area contributed by atoms with Gasteiger partial charge in [0, 0.05) is 68.4 Å². The first-order valence-electron chi connectivity index (χ1n) is 10.9. The molecular weight excluding hydrogens is 531 g/mol. The number of carboxylic acids is 1. The van der Waals surface area contributed by atoms with Gasteiger partial charge in [-0.25, -0.2) is 9.76 Å². The van der Waals surface area contributed by atoms with Crippen LogP contribution in [0.2, 0.25) is 0 Å². The summed E-state index contributed by atoms with van der Waals surface area (Å²) in [5, 5.41) is 11.4. The van der Waals surface area contributed by atoms with E-state index in [1.165, 1.54) is 0 Å². The first-order chi connectivity index (χ1) is 15.9. The maximum atomic E-state index is 12.2. The van der Waals surface area contributed by atoms with Gasteiger partial charge >= 0.3 is 13.6 Å². The molecule has 0 aliphatic carbocycles. The van der Waals surface area contributed by atoms with Crippen LogP contribution in [0.3, 0.4) is 0 Å². The molecule has 1 saturated heterocycles. The number of nitrogens with zero attached hydrogens (tertiary/aromatic N) is 2. The highest BCUT2D eigenvalue weighted by molar-refractivity contribution is 7.54. The molecular formula is C21H34Cl4N3O4P. The zero-order valence-electron chi connectivity index (χ0n) is 18.7. The molecule has 2 rings (SSSR count). The number of hydrogen-bond donors (Lipinski definition) is 2. The number of halogens is 4. The van der Waals surface area contributed by atoms with E-state index in [0.717, 1.165) is 43.7 Å². The first kappa shape index (κ1) is 30.8. The van der Waals surface area contributed by atoms with Crippen molar-refractivity contribution in [2.24, 2.45) is 0 Å². The molecule has 190 valence electrons. The van der Waals surface area contributed by atoms with Crippen LogP contribution in [0.1, 0.15) is 24.8 Å². The van der Waals surface area contributed by atoms with Crippen molar-refractivity contribution in [1.29, 1.82) is 0 Å². The van der Waals surface area contributed by atoms with E-state index in [1.807, 2.05) is 24.3 Å². The van der Waals surface area contributed by atoms with Gasteiger partial charge in [-0.3, -0.25) is 9.36 Å². The summed E-state index contributed by atoms with van der Waals surface area (Å²) in [7, 11) is -2.84. The van der Waals surface area contributed by atoms with Gasteiger partial charge in [-0.2, -0.15) is 0 Å². The lowest BCUT2D eigenvalue weighted by atomic mass is 10.1. The van der Waals surface area contributed by atoms with Crippen LogP contribution < -0.4 is 9.99 Å². The van der Waals surface area contributed by atoms with Gasteiger partial charge in [0.15, 0.2) is 0 Å². The van der Waals surface area contributed by atoms with Crippen molar-refractivity contribution in [2.75, 3.05) is 67.8 Å². The molecule has 1 aliphatic rings. The van der Waals surface area contributed by atoms with Gasteiger partial charge in [-0.1, -0.05) is 12.1 Å². The van der Waals surface area contributed by atoms with Crippen LogP contribution in [0.25, 0.3) is 0 Å². The topological polar surface area (TPSA) is 82.1 Å². The summed E-state index contributed by atoms with van der Waals surface area (Å²) in [6, 6.07) is 8.14. The number of carboxylic acid groups (broad SMARTS) is 1. The minimum Gasteiger partial charge on any atom is -0.481 e. The Labute approximate surface area is 217 Å². The number of anilines is 1. The van der Waals surface area contributed by atoms with E-state index in [4.69, 9.17) is 56.0 Å². The molecule has 1 heterocycles. The molecule has 1 unspecified atom stereocenters. The fourth-order valence-electron chi connectivity index (χ4n) is 3.21. The zero-order valence-corrected chi connectivity index (χ0v) is 22.7. The van der Waals surface area contributed by atoms with Crippen molar-refractivity contribution < 1.29 is 19.0 Å². The van der Waals surface area contributed by atoms with Gasteiger partial charge in [0.25, 0.3) is 0 Å². The minimum absolute atomic E-state index is 0.215. The Morgan fingerprint density at radius 2 is 1.76 bits per heavy atom. The van der Waals surface area contributed by atoms with Gasteiger partial charge in [-0.05, 0) is 37.0 Å². The maximum Gasteiger partial charge on any atom is 0.343 e. The highest BCUT2D eigenvalue weighted by Crippen LogP contribution is 2.48. The highest BCUT2D eigenvalue weighted by Gasteiger charge is 2.33. The second kappa shape index (κ2) is 18.1. The van der Waals surface area contributed by atoms with Crippen LogP contribution in [0.4, 0.5) is 5.69 Å². The van der Waals surface area contributed by atoms with Gasteiger partial charge in [0.05, 0.1) is 6.61 Å². The summed E-state index contributed by atoms with van der Waals surface area (Å²) in [6.07, 6.45) is 2.56. The van der Waals surface area contributed by atoms with Crippen molar-refractivity contribution in [2.45, 2.75) is 25.7 Å². The molecule has 12 heteroatoms. The lowest BCUT2D eigenvalue weighted by molar-refractivity contribution is -0.137. The number of rotatable bonds is 14. The van der Waals surface area contributed by atoms with Crippen LogP contribution in [-0.2, 0) is 20.3 Å². The van der Waals surface area contributed by atoms with Crippen LogP contribution >= 0.6 is 54.1 Å². The van der Waals surface area contributed by atoms with Crippen molar-refractivity contribution >= 4 is 65.7 Å². The van der Waals surface area contributed by atoms with E-state index in [0.29, 0.717) is 49.6 Å². The predicted molar refractivity (Wildman–Crippen MR) is 140 cm³/mol. The van der Waals surface area contributed by atoms with Gasteiger partial charge in [0.2, 0.25) is 0 Å². The Bertz CT molecular complexity index is 707. The fourth-order valence-corrected chi connectivity index (χ4v) is 6.16. The molecule has 0 radical (unpaired) electrons. The Balaban J connectivity index is 0.000000346. The van der Waals surface area contributed by atoms with Crippen molar-refractivity contribution in [3.05, 3.63) is 29.8 Å². The lowest BCUT2D eigenvalue weighted by Gasteiger charge is -2.34. The third-order valence-corrected chi connectivity index (χ3v) is 7.81. The largest absolute Gasteiger partial charge is 0.481 e. The minimum atomic E-state index is -2.84. The number of nitrogens with one attached hydrogen (secondary N) is 1. The molecule has 7 nitrogen and oxygen atoms in total. The number of aryl methyl sites for hydroxylation is 1. The first-order valence-corrected chi connectivity index (χ1v) is 14.7. The Morgan fingerprint density at radius 1 is 1.09 bits per heavy atom. The van der Waals surface area contributed by atoms with Crippen LogP contribution in [-0.4, -0.2) is 78.6 Å². The number of aliphatic carboxylic acids is 1. The summed E-state index contributed by atoms with van der Waals surface area (Å²) in [5.41, 5.74) is 2.25. The SMILES string of the molecule is O=C(O)CCCc1ccc(N(CCCl)CCCl)cc1.O=P1(NCCCl)OCCCN1CCCl. The Morgan fingerprint density at radius 3 is 2.30 bits per heavy atom. The van der Waals surface area contributed by atoms with E-state index >= 15 is 0 Å². The van der Waals surface area contributed by atoms with Gasteiger partial charge in [0.1, 0.15) is 0 Å². The standard InChI is InChI=1S/C14H19Cl2NO2.C7H15Cl2N2O2P/c15-8-10-17(11-9-16)13-6-4-12(5-7-13)2-1-3-14(18)19;8-2-4-10-14(12)11(6-3-9)5-1-7-13-14/h4-7H,1-3,8-11H2,(H,18,19);1-7H2,(H,10,12). The molecule has 2 N–H and O–H groups in total. The zero-order chi connectivity index (χ0) is 24.5. The van der Waals surface area contributed by atoms with Crippen LogP contribution in [0.15, 0.2) is 24.3 Å². The molecule has 0 saturated carbocycles. The van der Waals surface area contributed by atoms with E-state index in [2.05, 4.69) is 9.99 Å². The average molecular weight is 565 g/mol. The number of alkyl halides is 4. The molecule has 0 bridgehead atoms. The van der Waals surface area contributed by atoms with Gasteiger partial charge < -0.3 is 14.5 Å². The Hall–Kier alpha value is -0.240. The second-order valence-corrected chi connectivity index (χ2v) is 10.9. The molecule has 0 aromatic heterocycles. The third kappa shape index (κ3) is 12.3. The molecule has 0 amide bonds. The van der Waals surface area contributed by atoms with Gasteiger partial charge in [-0.15, -0.1) is 46.4 Å². The predicted octanol–water partition coefficient (Wildman–Crippen LogP) is 5.26. The summed E-state index contributed by atoms with van der Waals surface area (Å²) >= 11 is 22.7. The summed E-state index contributed by atoms with van der Waals surface area (Å²) in [6.45, 7) is 3.90. The third-order valence-electron chi connectivity index (χ3n) is 4.81. The second-order valence-electron chi connectivity index (χ2n) is 7.23. The number of carbonyl (C=O) groups is 1.